The Bertz CT molecular complexity index is 1180. The first-order valence-corrected chi connectivity index (χ1v) is 10.5. The fourth-order valence-corrected chi connectivity index (χ4v) is 3.97. The molecule has 0 fully saturated rings. The molecule has 0 spiro atoms. The molecular formula is C24H18Cl2N4O. The fraction of sp³-hybridized carbons (Fsp3) is 0.0833. The number of halogens is 2. The number of benzene rings is 3. The van der Waals surface area contributed by atoms with Gasteiger partial charge in [-0.1, -0.05) is 65.7 Å². The molecule has 0 amide bonds. The summed E-state index contributed by atoms with van der Waals surface area (Å²) in [6.45, 7) is 0. The predicted molar refractivity (Wildman–Crippen MR) is 122 cm³/mol. The molecular weight excluding hydrogens is 431 g/mol. The van der Waals surface area contributed by atoms with E-state index in [1.165, 1.54) is 0 Å². The lowest BCUT2D eigenvalue weighted by Gasteiger charge is -2.28. The first-order chi connectivity index (χ1) is 15.2. The normalized spacial score (nSPS) is 18.1. The van der Waals surface area contributed by atoms with Gasteiger partial charge in [0, 0.05) is 28.0 Å². The molecule has 0 aliphatic carbocycles. The minimum Gasteiger partial charge on any atom is -0.362 e. The number of rotatable bonds is 5. The van der Waals surface area contributed by atoms with Gasteiger partial charge in [0.1, 0.15) is 12.1 Å². The third kappa shape index (κ3) is 4.02. The first kappa shape index (κ1) is 19.7. The van der Waals surface area contributed by atoms with Gasteiger partial charge in [0.15, 0.2) is 5.75 Å². The average Bonchev–Trinajstić information content (AvgIpc) is 3.44. The number of hydroxylamine groups is 1. The maximum Gasteiger partial charge on any atom is 0.157 e. The summed E-state index contributed by atoms with van der Waals surface area (Å²) < 4.78 is 2.04. The van der Waals surface area contributed by atoms with Crippen molar-refractivity contribution in [3.05, 3.63) is 119 Å². The third-order valence-corrected chi connectivity index (χ3v) is 5.67. The zero-order chi connectivity index (χ0) is 21.2. The van der Waals surface area contributed by atoms with Crippen molar-refractivity contribution < 1.29 is 4.84 Å². The second kappa shape index (κ2) is 8.46. The minimum absolute atomic E-state index is 0.173. The molecule has 1 aliphatic heterocycles. The van der Waals surface area contributed by atoms with Crippen LogP contribution in [0.4, 0.5) is 0 Å². The van der Waals surface area contributed by atoms with E-state index >= 15 is 0 Å². The standard InChI is InChI=1S/C24H18Cl2N4O/c25-19-10-6-17(7-11-19)22-24(29-15-14-27-16-29)23(18-8-12-20(26)13-9-18)30(28-22)31-21-4-2-1-3-5-21/h1-16,23-24H. The van der Waals surface area contributed by atoms with E-state index in [1.54, 1.807) is 17.7 Å². The highest BCUT2D eigenvalue weighted by atomic mass is 35.5. The molecule has 0 saturated heterocycles. The molecule has 0 radical (unpaired) electrons. The monoisotopic (exact) mass is 448 g/mol. The summed E-state index contributed by atoms with van der Waals surface area (Å²) in [5.74, 6) is 0.701. The van der Waals surface area contributed by atoms with E-state index < -0.39 is 0 Å². The van der Waals surface area contributed by atoms with Crippen molar-refractivity contribution in [1.29, 1.82) is 0 Å². The molecule has 2 atom stereocenters. The second-order valence-corrected chi connectivity index (χ2v) is 8.02. The summed E-state index contributed by atoms with van der Waals surface area (Å²) in [4.78, 5) is 10.5. The lowest BCUT2D eigenvalue weighted by molar-refractivity contribution is -0.0923. The van der Waals surface area contributed by atoms with Crippen LogP contribution in [0.5, 0.6) is 5.75 Å². The predicted octanol–water partition coefficient (Wildman–Crippen LogP) is 6.19. The number of hydrazone groups is 1. The maximum absolute atomic E-state index is 6.23. The van der Waals surface area contributed by atoms with E-state index in [-0.39, 0.29) is 12.1 Å². The van der Waals surface area contributed by atoms with Crippen LogP contribution >= 0.6 is 23.2 Å². The van der Waals surface area contributed by atoms with Gasteiger partial charge in [-0.15, -0.1) is 10.3 Å². The van der Waals surface area contributed by atoms with Gasteiger partial charge < -0.3 is 9.40 Å². The lowest BCUT2D eigenvalue weighted by atomic mass is 9.93. The van der Waals surface area contributed by atoms with Crippen LogP contribution in [0.1, 0.15) is 23.2 Å². The largest absolute Gasteiger partial charge is 0.362 e. The number of aromatic nitrogens is 2. The molecule has 0 saturated carbocycles. The first-order valence-electron chi connectivity index (χ1n) is 9.78. The minimum atomic E-state index is -0.239. The van der Waals surface area contributed by atoms with Gasteiger partial charge in [-0.05, 0) is 42.0 Å². The van der Waals surface area contributed by atoms with E-state index in [2.05, 4.69) is 4.98 Å². The topological polar surface area (TPSA) is 42.6 Å². The van der Waals surface area contributed by atoms with Gasteiger partial charge >= 0.3 is 0 Å². The van der Waals surface area contributed by atoms with Crippen LogP contribution in [0.3, 0.4) is 0 Å². The average molecular weight is 449 g/mol. The molecule has 5 nitrogen and oxygen atoms in total. The SMILES string of the molecule is Clc1ccc(C2=NN(Oc3ccccc3)C(c3ccc(Cl)cc3)C2n2ccnc2)cc1. The van der Waals surface area contributed by atoms with Gasteiger partial charge in [0.05, 0.1) is 12.0 Å². The Morgan fingerprint density at radius 1 is 0.774 bits per heavy atom. The highest BCUT2D eigenvalue weighted by Gasteiger charge is 2.42. The van der Waals surface area contributed by atoms with Crippen molar-refractivity contribution in [2.75, 3.05) is 0 Å². The molecule has 31 heavy (non-hydrogen) atoms. The summed E-state index contributed by atoms with van der Waals surface area (Å²) in [5, 5.41) is 7.91. The van der Waals surface area contributed by atoms with Gasteiger partial charge in [-0.25, -0.2) is 4.98 Å². The molecule has 0 N–H and O–H groups in total. The van der Waals surface area contributed by atoms with Gasteiger partial charge in [0.2, 0.25) is 0 Å². The van der Waals surface area contributed by atoms with Crippen LogP contribution in [0.25, 0.3) is 0 Å². The van der Waals surface area contributed by atoms with Gasteiger partial charge in [0.25, 0.3) is 0 Å². The number of hydrogen-bond acceptors (Lipinski definition) is 4. The number of imidazole rings is 1. The van der Waals surface area contributed by atoms with Crippen LogP contribution in [0.15, 0.2) is 103 Å². The fourth-order valence-electron chi connectivity index (χ4n) is 3.72. The Hall–Kier alpha value is -3.28. The molecule has 0 bridgehead atoms. The zero-order valence-corrected chi connectivity index (χ0v) is 17.9. The highest BCUT2D eigenvalue weighted by molar-refractivity contribution is 6.31. The molecule has 5 rings (SSSR count). The Labute approximate surface area is 190 Å². The van der Waals surface area contributed by atoms with Crippen molar-refractivity contribution in [2.45, 2.75) is 12.1 Å². The second-order valence-electron chi connectivity index (χ2n) is 7.15. The van der Waals surface area contributed by atoms with E-state index in [0.717, 1.165) is 16.8 Å². The smallest absolute Gasteiger partial charge is 0.157 e. The Morgan fingerprint density at radius 3 is 2.10 bits per heavy atom. The Kier molecular flexibility index (Phi) is 5.37. The Balaban J connectivity index is 1.63. The van der Waals surface area contributed by atoms with E-state index in [1.807, 2.05) is 89.6 Å². The van der Waals surface area contributed by atoms with Crippen LogP contribution in [-0.4, -0.2) is 20.4 Å². The van der Waals surface area contributed by atoms with E-state index in [9.17, 15) is 0 Å². The van der Waals surface area contributed by atoms with Crippen LogP contribution in [-0.2, 0) is 0 Å². The Morgan fingerprint density at radius 2 is 1.45 bits per heavy atom. The molecule has 3 aromatic carbocycles. The molecule has 2 unspecified atom stereocenters. The maximum atomic E-state index is 6.23. The van der Waals surface area contributed by atoms with Gasteiger partial charge in [-0.3, -0.25) is 0 Å². The lowest BCUT2D eigenvalue weighted by Crippen LogP contribution is -2.30. The summed E-state index contributed by atoms with van der Waals surface area (Å²) in [5.41, 5.74) is 2.83. The van der Waals surface area contributed by atoms with Gasteiger partial charge in [-0.2, -0.15) is 0 Å². The molecule has 1 aromatic heterocycles. The summed E-state index contributed by atoms with van der Waals surface area (Å²) in [6, 6.07) is 24.6. The van der Waals surface area contributed by atoms with Crippen molar-refractivity contribution in [2.24, 2.45) is 5.10 Å². The van der Waals surface area contributed by atoms with E-state index in [0.29, 0.717) is 15.8 Å². The van der Waals surface area contributed by atoms with Crippen molar-refractivity contribution in [3.8, 4) is 5.75 Å². The molecule has 4 aromatic rings. The number of para-hydroxylation sites is 1. The summed E-state index contributed by atoms with van der Waals surface area (Å²) in [7, 11) is 0. The summed E-state index contributed by atoms with van der Waals surface area (Å²) in [6.07, 6.45) is 5.50. The van der Waals surface area contributed by atoms with Crippen molar-refractivity contribution in [3.63, 3.8) is 0 Å². The van der Waals surface area contributed by atoms with Crippen LogP contribution in [0.2, 0.25) is 10.0 Å². The molecule has 154 valence electrons. The number of nitrogens with zero attached hydrogens (tertiary/aromatic N) is 4. The van der Waals surface area contributed by atoms with Crippen LogP contribution in [0, 0.1) is 0 Å². The van der Waals surface area contributed by atoms with E-state index in [4.69, 9.17) is 33.1 Å². The van der Waals surface area contributed by atoms with Crippen LogP contribution < -0.4 is 4.84 Å². The highest BCUT2D eigenvalue weighted by Crippen LogP contribution is 2.41. The third-order valence-electron chi connectivity index (χ3n) is 5.16. The zero-order valence-electron chi connectivity index (χ0n) is 16.3. The summed E-state index contributed by atoms with van der Waals surface area (Å²) >= 11 is 12.3. The van der Waals surface area contributed by atoms with Crippen molar-refractivity contribution >= 4 is 28.9 Å². The molecule has 2 heterocycles. The molecule has 1 aliphatic rings. The quantitative estimate of drug-likeness (QED) is 0.365. The molecule has 7 heteroatoms. The van der Waals surface area contributed by atoms with Crippen molar-refractivity contribution in [1.82, 2.24) is 14.7 Å². The number of hydrogen-bond donors (Lipinski definition) is 0.